The predicted molar refractivity (Wildman–Crippen MR) is 295 cm³/mol. The van der Waals surface area contributed by atoms with Crippen LogP contribution in [0.5, 0.6) is 17.2 Å². The first kappa shape index (κ1) is 57.4. The standard InChI is InChI=1S/C60H68N5O11P/c1-74-53-33-55(75-2)54(56(34-53)76-3)26-25-47-27-48(61-57(32-47)77(4,72)73)35-62-36-50(29-44-19-11-6-12-20-44)64(41-59(68)69)38-52(31-46-23-15-8-16-24-46)65(42-60(70)71)39-51(30-45-21-13-7-14-22-45)63(40-58(66)67)37-49(62)28-43-17-9-5-10-18-43/h5-24,27,32-34,49-52H,28-31,35-42H2,1-4H3,(H,66,67)(H,68,69)(H,70,71)(H,72,73)/t49-,50-,51-,52-/m0/s1. The van der Waals surface area contributed by atoms with E-state index >= 15 is 0 Å². The van der Waals surface area contributed by atoms with Crippen LogP contribution >= 0.6 is 7.37 Å². The van der Waals surface area contributed by atoms with Crippen LogP contribution in [0.2, 0.25) is 0 Å². The summed E-state index contributed by atoms with van der Waals surface area (Å²) in [4.78, 5) is 63.7. The number of carboxylic acids is 3. The first-order valence-electron chi connectivity index (χ1n) is 25.5. The van der Waals surface area contributed by atoms with Crippen LogP contribution in [0.25, 0.3) is 0 Å². The van der Waals surface area contributed by atoms with Gasteiger partial charge in [0.1, 0.15) is 28.2 Å². The van der Waals surface area contributed by atoms with Crippen molar-refractivity contribution < 1.29 is 53.4 Å². The normalized spacial score (nSPS) is 18.8. The highest BCUT2D eigenvalue weighted by Gasteiger charge is 2.37. The van der Waals surface area contributed by atoms with Gasteiger partial charge in [-0.3, -0.25) is 38.5 Å². The molecule has 0 bridgehead atoms. The van der Waals surface area contributed by atoms with Gasteiger partial charge in [-0.1, -0.05) is 133 Å². The zero-order valence-corrected chi connectivity index (χ0v) is 44.9. The fourth-order valence-corrected chi connectivity index (χ4v) is 10.9. The summed E-state index contributed by atoms with van der Waals surface area (Å²) in [7, 11) is 0.504. The number of carboxylic acid groups (broad SMARTS) is 3. The van der Waals surface area contributed by atoms with Gasteiger partial charge in [-0.2, -0.15) is 0 Å². The highest BCUT2D eigenvalue weighted by atomic mass is 31.2. The maximum absolute atomic E-state index is 13.7. The molecule has 0 spiro atoms. The molecule has 77 heavy (non-hydrogen) atoms. The van der Waals surface area contributed by atoms with Crippen molar-refractivity contribution in [2.45, 2.75) is 56.4 Å². The Morgan fingerprint density at radius 3 is 1.21 bits per heavy atom. The summed E-state index contributed by atoms with van der Waals surface area (Å²) in [5.74, 6) is 4.40. The van der Waals surface area contributed by atoms with Gasteiger partial charge >= 0.3 is 17.9 Å². The third kappa shape index (κ3) is 17.1. The molecule has 7 rings (SSSR count). The molecule has 0 aliphatic carbocycles. The average molecular weight is 1070 g/mol. The van der Waals surface area contributed by atoms with Crippen molar-refractivity contribution in [3.63, 3.8) is 0 Å². The van der Waals surface area contributed by atoms with Gasteiger partial charge in [-0.25, -0.2) is 4.98 Å². The quantitative estimate of drug-likeness (QED) is 0.0479. The van der Waals surface area contributed by atoms with Crippen molar-refractivity contribution in [2.75, 3.05) is 73.8 Å². The maximum atomic E-state index is 13.7. The third-order valence-electron chi connectivity index (χ3n) is 13.8. The Balaban J connectivity index is 1.47. The summed E-state index contributed by atoms with van der Waals surface area (Å²) >= 11 is 0. The summed E-state index contributed by atoms with van der Waals surface area (Å²) in [6, 6.07) is 43.4. The smallest absolute Gasteiger partial charge is 0.317 e. The van der Waals surface area contributed by atoms with Crippen LogP contribution < -0.4 is 19.6 Å². The monoisotopic (exact) mass is 1070 g/mol. The van der Waals surface area contributed by atoms with Gasteiger partial charge in [0, 0.05) is 81.3 Å². The van der Waals surface area contributed by atoms with E-state index in [1.807, 2.05) is 136 Å². The van der Waals surface area contributed by atoms with Crippen molar-refractivity contribution in [1.29, 1.82) is 0 Å². The zero-order valence-electron chi connectivity index (χ0n) is 44.0. The van der Waals surface area contributed by atoms with Crippen molar-refractivity contribution >= 4 is 30.7 Å². The Morgan fingerprint density at radius 1 is 0.532 bits per heavy atom. The van der Waals surface area contributed by atoms with Crippen LogP contribution in [-0.2, 0) is 51.2 Å². The molecule has 4 N–H and O–H groups in total. The van der Waals surface area contributed by atoms with Crippen LogP contribution in [0.4, 0.5) is 0 Å². The minimum Gasteiger partial charge on any atom is -0.496 e. The molecule has 1 aliphatic heterocycles. The van der Waals surface area contributed by atoms with E-state index in [1.54, 1.807) is 18.2 Å². The minimum absolute atomic E-state index is 0.0598. The molecule has 0 saturated carbocycles. The number of aromatic nitrogens is 1. The van der Waals surface area contributed by atoms with E-state index in [-0.39, 0.29) is 57.8 Å². The largest absolute Gasteiger partial charge is 0.496 e. The van der Waals surface area contributed by atoms with Crippen molar-refractivity contribution in [3.05, 3.63) is 185 Å². The van der Waals surface area contributed by atoms with E-state index in [2.05, 4.69) is 16.7 Å². The predicted octanol–water partition coefficient (Wildman–Crippen LogP) is 6.45. The zero-order chi connectivity index (χ0) is 54.9. The number of aliphatic carboxylic acids is 3. The number of ether oxygens (including phenoxy) is 3. The number of nitrogens with zero attached hydrogens (tertiary/aromatic N) is 5. The fraction of sp³-hybridized carbons (Fsp3) is 0.333. The Kier molecular flexibility index (Phi) is 20.6. The molecule has 404 valence electrons. The van der Waals surface area contributed by atoms with Gasteiger partial charge < -0.3 is 34.4 Å². The second-order valence-corrected chi connectivity index (χ2v) is 21.7. The van der Waals surface area contributed by atoms with E-state index in [0.29, 0.717) is 59.8 Å². The first-order chi connectivity index (χ1) is 37.1. The summed E-state index contributed by atoms with van der Waals surface area (Å²) in [5, 5.41) is 32.4. The van der Waals surface area contributed by atoms with Crippen molar-refractivity contribution in [3.8, 4) is 29.1 Å². The molecular formula is C60H68N5O11P. The Hall–Kier alpha value is -7.35. The topological polar surface area (TPSA) is 203 Å². The SMILES string of the molecule is COc1cc(OC)c(C#Cc2cc(CN3C[C@H](Cc4ccccc4)N(CC(=O)O)C[C@H](Cc4ccccc4)N(CC(=O)O)C[C@H](Cc4ccccc4)N(CC(=O)O)C[C@@H]3Cc3ccccc3)nc(P(C)(=O)O)c2)c(OC)c1. The van der Waals surface area contributed by atoms with E-state index in [4.69, 9.17) is 19.2 Å². The molecule has 5 aromatic carbocycles. The lowest BCUT2D eigenvalue weighted by Gasteiger charge is -2.46. The number of rotatable bonds is 20. The molecular weight excluding hydrogens is 998 g/mol. The van der Waals surface area contributed by atoms with E-state index < -0.39 is 49.4 Å². The number of hydrogen-bond acceptors (Lipinski definition) is 12. The second-order valence-electron chi connectivity index (χ2n) is 19.5. The fourth-order valence-electron chi connectivity index (χ4n) is 10.2. The molecule has 1 saturated heterocycles. The molecule has 0 amide bonds. The Labute approximate surface area is 450 Å². The number of hydrogen-bond donors (Lipinski definition) is 4. The second kappa shape index (κ2) is 27.6. The lowest BCUT2D eigenvalue weighted by atomic mass is 9.95. The summed E-state index contributed by atoms with van der Waals surface area (Å²) in [5.41, 5.74) is 4.85. The lowest BCUT2D eigenvalue weighted by molar-refractivity contribution is -0.142. The molecule has 0 radical (unpaired) electrons. The molecule has 6 aromatic rings. The van der Waals surface area contributed by atoms with Gasteiger partial charge in [0.2, 0.25) is 7.37 Å². The highest BCUT2D eigenvalue weighted by molar-refractivity contribution is 7.65. The van der Waals surface area contributed by atoms with Crippen molar-refractivity contribution in [2.24, 2.45) is 0 Å². The van der Waals surface area contributed by atoms with Crippen LogP contribution in [0.15, 0.2) is 146 Å². The third-order valence-corrected chi connectivity index (χ3v) is 14.9. The number of benzene rings is 5. The van der Waals surface area contributed by atoms with Crippen LogP contribution in [0, 0.1) is 11.8 Å². The molecule has 16 nitrogen and oxygen atoms in total. The summed E-state index contributed by atoms with van der Waals surface area (Å²) < 4.78 is 30.5. The molecule has 2 heterocycles. The van der Waals surface area contributed by atoms with Gasteiger partial charge in [0.05, 0.1) is 46.7 Å². The molecule has 5 atom stereocenters. The Morgan fingerprint density at radius 2 is 0.883 bits per heavy atom. The summed E-state index contributed by atoms with van der Waals surface area (Å²) in [6.45, 7) is 0.767. The molecule has 1 aromatic heterocycles. The van der Waals surface area contributed by atoms with Gasteiger partial charge in [0.15, 0.2) is 0 Å². The Bertz CT molecular complexity index is 2970. The van der Waals surface area contributed by atoms with E-state index in [9.17, 15) is 39.2 Å². The average Bonchev–Trinajstić information content (AvgIpc) is 3.41. The van der Waals surface area contributed by atoms with Gasteiger partial charge in [-0.05, 0) is 60.1 Å². The van der Waals surface area contributed by atoms with E-state index in [0.717, 1.165) is 22.3 Å². The molecule has 1 aliphatic rings. The lowest BCUT2D eigenvalue weighted by Crippen LogP contribution is -2.60. The maximum Gasteiger partial charge on any atom is 0.317 e. The van der Waals surface area contributed by atoms with Gasteiger partial charge in [0.25, 0.3) is 0 Å². The van der Waals surface area contributed by atoms with Gasteiger partial charge in [-0.15, -0.1) is 0 Å². The van der Waals surface area contributed by atoms with Crippen molar-refractivity contribution in [1.82, 2.24) is 24.6 Å². The molecule has 1 fully saturated rings. The highest BCUT2D eigenvalue weighted by Crippen LogP contribution is 2.35. The van der Waals surface area contributed by atoms with Crippen LogP contribution in [-0.4, -0.2) is 161 Å². The van der Waals surface area contributed by atoms with Crippen LogP contribution in [0.3, 0.4) is 0 Å². The number of carbonyl (C=O) groups is 3. The molecule has 1 unspecified atom stereocenters. The number of methoxy groups -OCH3 is 3. The van der Waals surface area contributed by atoms with Crippen LogP contribution in [0.1, 0.15) is 39.1 Å². The van der Waals surface area contributed by atoms with E-state index in [1.165, 1.54) is 34.1 Å². The summed E-state index contributed by atoms with van der Waals surface area (Å²) in [6.07, 6.45) is 1.52. The number of pyridine rings is 1. The first-order valence-corrected chi connectivity index (χ1v) is 27.6. The minimum atomic E-state index is -4.03. The molecule has 17 heteroatoms.